The summed E-state index contributed by atoms with van der Waals surface area (Å²) in [5, 5.41) is 6.84. The van der Waals surface area contributed by atoms with Gasteiger partial charge in [-0.2, -0.15) is 5.10 Å². The molecule has 1 aromatic heterocycles. The van der Waals surface area contributed by atoms with Crippen molar-refractivity contribution in [1.29, 1.82) is 0 Å². The quantitative estimate of drug-likeness (QED) is 0.887. The average Bonchev–Trinajstić information content (AvgIpc) is 2.86. The predicted molar refractivity (Wildman–Crippen MR) is 79.9 cm³/mol. The summed E-state index contributed by atoms with van der Waals surface area (Å²) in [4.78, 5) is 12.2. The molecule has 21 heavy (non-hydrogen) atoms. The van der Waals surface area contributed by atoms with Crippen LogP contribution in [-0.2, 0) is 7.05 Å². The number of nitrogens with zero attached hydrogens (tertiary/aromatic N) is 2. The van der Waals surface area contributed by atoms with Crippen LogP contribution in [0.2, 0.25) is 0 Å². The van der Waals surface area contributed by atoms with Crippen LogP contribution in [0.4, 0.5) is 5.82 Å². The number of nitrogens with one attached hydrogen (secondary N) is 1. The normalized spacial score (nSPS) is 10.2. The summed E-state index contributed by atoms with van der Waals surface area (Å²) in [7, 11) is 1.79. The molecule has 1 aromatic carbocycles. The molecule has 0 fully saturated rings. The Morgan fingerprint density at radius 3 is 2.52 bits per heavy atom. The van der Waals surface area contributed by atoms with Crippen molar-refractivity contribution in [2.75, 3.05) is 18.5 Å². The number of anilines is 1. The molecule has 0 saturated carbocycles. The molecular weight excluding hydrogens is 270 g/mol. The molecule has 6 nitrogen and oxygen atoms in total. The number of amides is 1. The number of aromatic nitrogens is 2. The summed E-state index contributed by atoms with van der Waals surface area (Å²) < 4.78 is 12.6. The summed E-state index contributed by atoms with van der Waals surface area (Å²) in [5.74, 6) is 1.47. The zero-order valence-corrected chi connectivity index (χ0v) is 12.4. The highest BCUT2D eigenvalue weighted by atomic mass is 16.5. The van der Waals surface area contributed by atoms with Crippen LogP contribution >= 0.6 is 0 Å². The minimum atomic E-state index is -0.238. The van der Waals surface area contributed by atoms with E-state index in [0.717, 1.165) is 0 Å². The standard InChI is InChI=1S/C15H19N3O3/c1-4-20-12-7-6-11(10-13(12)21-5-2)15(19)16-14-8-9-18(3)17-14/h6-10H,4-5H2,1-3H3,(H,16,17,19). The number of aryl methyl sites for hydroxylation is 1. The van der Waals surface area contributed by atoms with Crippen molar-refractivity contribution in [2.24, 2.45) is 7.05 Å². The molecule has 1 heterocycles. The molecule has 0 bridgehead atoms. The van der Waals surface area contributed by atoms with Crippen LogP contribution in [0.5, 0.6) is 11.5 Å². The monoisotopic (exact) mass is 289 g/mol. The third kappa shape index (κ3) is 3.75. The van der Waals surface area contributed by atoms with Crippen molar-refractivity contribution in [1.82, 2.24) is 9.78 Å². The summed E-state index contributed by atoms with van der Waals surface area (Å²) in [6.45, 7) is 4.83. The van der Waals surface area contributed by atoms with Crippen molar-refractivity contribution in [3.05, 3.63) is 36.0 Å². The number of hydrogen-bond donors (Lipinski definition) is 1. The van der Waals surface area contributed by atoms with Crippen LogP contribution in [0.25, 0.3) is 0 Å². The van der Waals surface area contributed by atoms with E-state index in [1.807, 2.05) is 13.8 Å². The van der Waals surface area contributed by atoms with Gasteiger partial charge in [0.15, 0.2) is 17.3 Å². The number of carbonyl (C=O) groups is 1. The minimum Gasteiger partial charge on any atom is -0.490 e. The van der Waals surface area contributed by atoms with Gasteiger partial charge in [-0.25, -0.2) is 0 Å². The molecule has 2 aromatic rings. The molecule has 0 aliphatic carbocycles. The van der Waals surface area contributed by atoms with Gasteiger partial charge in [0.05, 0.1) is 13.2 Å². The molecule has 112 valence electrons. The highest BCUT2D eigenvalue weighted by molar-refractivity contribution is 6.04. The fourth-order valence-corrected chi connectivity index (χ4v) is 1.86. The van der Waals surface area contributed by atoms with E-state index < -0.39 is 0 Å². The van der Waals surface area contributed by atoms with E-state index in [9.17, 15) is 4.79 Å². The highest BCUT2D eigenvalue weighted by Crippen LogP contribution is 2.28. The van der Waals surface area contributed by atoms with Crippen LogP contribution in [0.3, 0.4) is 0 Å². The smallest absolute Gasteiger partial charge is 0.257 e. The number of benzene rings is 1. The van der Waals surface area contributed by atoms with Gasteiger partial charge in [0.25, 0.3) is 5.91 Å². The van der Waals surface area contributed by atoms with Gasteiger partial charge in [0.2, 0.25) is 0 Å². The van der Waals surface area contributed by atoms with E-state index >= 15 is 0 Å². The average molecular weight is 289 g/mol. The van der Waals surface area contributed by atoms with Crippen LogP contribution in [-0.4, -0.2) is 28.9 Å². The Labute approximate surface area is 123 Å². The Morgan fingerprint density at radius 2 is 1.90 bits per heavy atom. The van der Waals surface area contributed by atoms with Crippen molar-refractivity contribution < 1.29 is 14.3 Å². The van der Waals surface area contributed by atoms with Crippen molar-refractivity contribution in [2.45, 2.75) is 13.8 Å². The zero-order chi connectivity index (χ0) is 15.2. The fourth-order valence-electron chi connectivity index (χ4n) is 1.86. The summed E-state index contributed by atoms with van der Waals surface area (Å²) >= 11 is 0. The third-order valence-corrected chi connectivity index (χ3v) is 2.76. The molecule has 6 heteroatoms. The van der Waals surface area contributed by atoms with E-state index in [4.69, 9.17) is 9.47 Å². The molecular formula is C15H19N3O3. The second-order valence-electron chi connectivity index (χ2n) is 4.36. The third-order valence-electron chi connectivity index (χ3n) is 2.76. The topological polar surface area (TPSA) is 65.4 Å². The van der Waals surface area contributed by atoms with Crippen LogP contribution in [0, 0.1) is 0 Å². The lowest BCUT2D eigenvalue weighted by atomic mass is 10.2. The van der Waals surface area contributed by atoms with Gasteiger partial charge in [-0.1, -0.05) is 0 Å². The Bertz CT molecular complexity index is 622. The van der Waals surface area contributed by atoms with Crippen molar-refractivity contribution >= 4 is 11.7 Å². The highest BCUT2D eigenvalue weighted by Gasteiger charge is 2.12. The van der Waals surface area contributed by atoms with Gasteiger partial charge in [-0.05, 0) is 32.0 Å². The minimum absolute atomic E-state index is 0.238. The Hall–Kier alpha value is -2.50. The zero-order valence-electron chi connectivity index (χ0n) is 12.4. The fraction of sp³-hybridized carbons (Fsp3) is 0.333. The Morgan fingerprint density at radius 1 is 1.19 bits per heavy atom. The maximum atomic E-state index is 12.2. The van der Waals surface area contributed by atoms with Crippen molar-refractivity contribution in [3.63, 3.8) is 0 Å². The van der Waals surface area contributed by atoms with E-state index in [0.29, 0.717) is 36.1 Å². The molecule has 1 amide bonds. The molecule has 0 radical (unpaired) electrons. The maximum absolute atomic E-state index is 12.2. The number of rotatable bonds is 6. The number of hydrogen-bond acceptors (Lipinski definition) is 4. The molecule has 1 N–H and O–H groups in total. The summed E-state index contributed by atoms with van der Waals surface area (Å²) in [6, 6.07) is 6.84. The summed E-state index contributed by atoms with van der Waals surface area (Å²) in [5.41, 5.74) is 0.493. The van der Waals surface area contributed by atoms with Gasteiger partial charge >= 0.3 is 0 Å². The number of ether oxygens (including phenoxy) is 2. The predicted octanol–water partition coefficient (Wildman–Crippen LogP) is 2.47. The first-order valence-electron chi connectivity index (χ1n) is 6.84. The van der Waals surface area contributed by atoms with E-state index in [-0.39, 0.29) is 5.91 Å². The second kappa shape index (κ2) is 6.78. The molecule has 0 aliphatic rings. The van der Waals surface area contributed by atoms with Crippen LogP contribution < -0.4 is 14.8 Å². The SMILES string of the molecule is CCOc1ccc(C(=O)Nc2ccn(C)n2)cc1OCC. The Kier molecular flexibility index (Phi) is 4.81. The molecule has 2 rings (SSSR count). The lowest BCUT2D eigenvalue weighted by molar-refractivity contribution is 0.102. The molecule has 0 saturated heterocycles. The lowest BCUT2D eigenvalue weighted by Crippen LogP contribution is -2.13. The van der Waals surface area contributed by atoms with Gasteiger partial charge in [-0.3, -0.25) is 9.48 Å². The van der Waals surface area contributed by atoms with Crippen molar-refractivity contribution in [3.8, 4) is 11.5 Å². The van der Waals surface area contributed by atoms with Crippen LogP contribution in [0.15, 0.2) is 30.5 Å². The van der Waals surface area contributed by atoms with E-state index in [2.05, 4.69) is 10.4 Å². The first-order chi connectivity index (χ1) is 10.1. The van der Waals surface area contributed by atoms with Gasteiger partial charge in [0, 0.05) is 24.9 Å². The first-order valence-corrected chi connectivity index (χ1v) is 6.84. The van der Waals surface area contributed by atoms with Gasteiger partial charge < -0.3 is 14.8 Å². The second-order valence-corrected chi connectivity index (χ2v) is 4.36. The maximum Gasteiger partial charge on any atom is 0.257 e. The number of carbonyl (C=O) groups excluding carboxylic acids is 1. The molecule has 0 atom stereocenters. The van der Waals surface area contributed by atoms with Crippen LogP contribution in [0.1, 0.15) is 24.2 Å². The van der Waals surface area contributed by atoms with Gasteiger partial charge in [0.1, 0.15) is 0 Å². The van der Waals surface area contributed by atoms with Gasteiger partial charge in [-0.15, -0.1) is 0 Å². The Balaban J connectivity index is 2.18. The molecule has 0 unspecified atom stereocenters. The molecule has 0 spiro atoms. The molecule has 0 aliphatic heterocycles. The van der Waals surface area contributed by atoms with E-state index in [1.165, 1.54) is 0 Å². The first kappa shape index (κ1) is 14.9. The van der Waals surface area contributed by atoms with E-state index in [1.54, 1.807) is 42.2 Å². The lowest BCUT2D eigenvalue weighted by Gasteiger charge is -2.12. The largest absolute Gasteiger partial charge is 0.490 e. The summed E-state index contributed by atoms with van der Waals surface area (Å²) in [6.07, 6.45) is 1.76.